The van der Waals surface area contributed by atoms with Gasteiger partial charge in [-0.3, -0.25) is 4.79 Å². The van der Waals surface area contributed by atoms with E-state index in [4.69, 9.17) is 0 Å². The highest BCUT2D eigenvalue weighted by Gasteiger charge is 2.26. The fraction of sp³-hybridized carbons (Fsp3) is 0.450. The third-order valence-electron chi connectivity index (χ3n) is 4.53. The van der Waals surface area contributed by atoms with Crippen molar-refractivity contribution in [2.75, 3.05) is 24.2 Å². The maximum absolute atomic E-state index is 12.9. The fourth-order valence-corrected chi connectivity index (χ4v) is 7.50. The first kappa shape index (κ1) is 24.2. The first-order valence-corrected chi connectivity index (χ1v) is 14.1. The lowest BCUT2D eigenvalue weighted by Crippen LogP contribution is -2.35. The van der Waals surface area contributed by atoms with Crippen molar-refractivity contribution >= 4 is 56.5 Å². The first-order chi connectivity index (χ1) is 14.8. The summed E-state index contributed by atoms with van der Waals surface area (Å²) in [6.07, 6.45) is 2.81. The van der Waals surface area contributed by atoms with Gasteiger partial charge in [-0.05, 0) is 44.9 Å². The molecule has 11 heteroatoms. The molecule has 1 N–H and O–H groups in total. The second-order valence-corrected chi connectivity index (χ2v) is 13.0. The number of hydrogen-bond donors (Lipinski definition) is 1. The van der Waals surface area contributed by atoms with Crippen LogP contribution >= 0.6 is 34.9 Å². The molecule has 0 bridgehead atoms. The number of carbonyl (C=O) groups is 1. The van der Waals surface area contributed by atoms with Crippen LogP contribution in [0.4, 0.5) is 5.69 Å². The van der Waals surface area contributed by atoms with Gasteiger partial charge in [-0.25, -0.2) is 8.42 Å². The van der Waals surface area contributed by atoms with Crippen LogP contribution in [0.2, 0.25) is 0 Å². The average molecular weight is 499 g/mol. The summed E-state index contributed by atoms with van der Waals surface area (Å²) in [6.45, 7) is 8.71. The number of carbonyl (C=O) groups excluding carboxylic acids is 1. The molecule has 0 radical (unpaired) electrons. The SMILES string of the molecule is C=C(C)CSc1nnc(SC(C)C(=O)Nc2cccc(S(=O)(=O)N3CCCCC3)c2)s1. The topological polar surface area (TPSA) is 92.3 Å². The predicted molar refractivity (Wildman–Crippen MR) is 128 cm³/mol. The van der Waals surface area contributed by atoms with Gasteiger partial charge in [0.05, 0.1) is 10.1 Å². The Bertz CT molecular complexity index is 1030. The van der Waals surface area contributed by atoms with Gasteiger partial charge in [-0.2, -0.15) is 4.31 Å². The number of piperidine rings is 1. The van der Waals surface area contributed by atoms with Crippen LogP contribution in [0.3, 0.4) is 0 Å². The van der Waals surface area contributed by atoms with Crippen molar-refractivity contribution in [1.82, 2.24) is 14.5 Å². The van der Waals surface area contributed by atoms with E-state index in [9.17, 15) is 13.2 Å². The van der Waals surface area contributed by atoms with Crippen LogP contribution in [0.25, 0.3) is 0 Å². The van der Waals surface area contributed by atoms with Gasteiger partial charge in [-0.15, -0.1) is 10.2 Å². The summed E-state index contributed by atoms with van der Waals surface area (Å²) in [5.41, 5.74) is 1.53. The Labute approximate surface area is 196 Å². The van der Waals surface area contributed by atoms with Crippen molar-refractivity contribution in [2.24, 2.45) is 0 Å². The molecule has 2 aromatic rings. The van der Waals surface area contributed by atoms with Gasteiger partial charge in [0.1, 0.15) is 0 Å². The van der Waals surface area contributed by atoms with Crippen LogP contribution in [0, 0.1) is 0 Å². The van der Waals surface area contributed by atoms with Crippen LogP contribution in [-0.2, 0) is 14.8 Å². The van der Waals surface area contributed by atoms with Crippen LogP contribution in [0.5, 0.6) is 0 Å². The minimum absolute atomic E-state index is 0.204. The maximum atomic E-state index is 12.9. The number of benzene rings is 1. The second kappa shape index (κ2) is 11.0. The van der Waals surface area contributed by atoms with Gasteiger partial charge in [0, 0.05) is 24.5 Å². The van der Waals surface area contributed by atoms with Crippen LogP contribution < -0.4 is 5.32 Å². The predicted octanol–water partition coefficient (Wildman–Crippen LogP) is 4.50. The molecule has 7 nitrogen and oxygen atoms in total. The number of nitrogens with zero attached hydrogens (tertiary/aromatic N) is 3. The lowest BCUT2D eigenvalue weighted by molar-refractivity contribution is -0.115. The molecule has 1 fully saturated rings. The summed E-state index contributed by atoms with van der Waals surface area (Å²) in [6, 6.07) is 6.45. The molecule has 1 unspecified atom stereocenters. The van der Waals surface area contributed by atoms with Gasteiger partial charge in [-0.1, -0.05) is 59.5 Å². The Hall–Kier alpha value is -1.40. The zero-order valence-electron chi connectivity index (χ0n) is 17.5. The number of rotatable bonds is 9. The monoisotopic (exact) mass is 498 g/mol. The number of hydrogen-bond acceptors (Lipinski definition) is 8. The summed E-state index contributed by atoms with van der Waals surface area (Å²) in [5.74, 6) is 0.565. The second-order valence-electron chi connectivity index (χ2n) is 7.32. The van der Waals surface area contributed by atoms with E-state index in [-0.39, 0.29) is 10.8 Å². The summed E-state index contributed by atoms with van der Waals surface area (Å²) in [4.78, 5) is 12.9. The standard InChI is InChI=1S/C20H26N4O3S4/c1-14(2)13-28-19-22-23-20(30-19)29-15(3)18(25)21-16-8-7-9-17(12-16)31(26,27)24-10-5-4-6-11-24/h7-9,12,15H,1,4-6,10-11,13H2,2-3H3,(H,21,25). The van der Waals surface area contributed by atoms with Crippen molar-refractivity contribution in [2.45, 2.75) is 51.9 Å². The largest absolute Gasteiger partial charge is 0.325 e. The number of thioether (sulfide) groups is 2. The Morgan fingerprint density at radius 2 is 1.97 bits per heavy atom. The average Bonchev–Trinajstić information content (AvgIpc) is 3.20. The molecule has 1 aliphatic heterocycles. The van der Waals surface area contributed by atoms with Gasteiger partial charge in [0.25, 0.3) is 0 Å². The summed E-state index contributed by atoms with van der Waals surface area (Å²) in [5, 5.41) is 10.7. The quantitative estimate of drug-likeness (QED) is 0.402. The Morgan fingerprint density at radius 3 is 2.68 bits per heavy atom. The molecule has 1 aliphatic rings. The van der Waals surface area contributed by atoms with E-state index < -0.39 is 15.3 Å². The van der Waals surface area contributed by atoms with E-state index in [1.807, 2.05) is 6.92 Å². The normalized spacial score (nSPS) is 16.1. The highest BCUT2D eigenvalue weighted by atomic mass is 32.2. The third kappa shape index (κ3) is 6.79. The summed E-state index contributed by atoms with van der Waals surface area (Å²) >= 11 is 4.35. The van der Waals surface area contributed by atoms with Crippen LogP contribution in [-0.4, -0.2) is 52.9 Å². The Kier molecular flexibility index (Phi) is 8.57. The van der Waals surface area contributed by atoms with E-state index in [0.29, 0.717) is 23.1 Å². The molecule has 168 valence electrons. The van der Waals surface area contributed by atoms with Crippen molar-refractivity contribution in [1.29, 1.82) is 0 Å². The Balaban J connectivity index is 1.61. The molecular formula is C20H26N4O3S4. The zero-order chi connectivity index (χ0) is 22.4. The van der Waals surface area contributed by atoms with Crippen molar-refractivity contribution in [3.8, 4) is 0 Å². The van der Waals surface area contributed by atoms with Gasteiger partial charge in [0.2, 0.25) is 15.9 Å². The lowest BCUT2D eigenvalue weighted by atomic mass is 10.2. The Morgan fingerprint density at radius 1 is 1.26 bits per heavy atom. The molecule has 1 amide bonds. The molecule has 3 rings (SSSR count). The van der Waals surface area contributed by atoms with E-state index in [1.165, 1.54) is 33.5 Å². The number of anilines is 1. The number of amides is 1. The molecule has 2 heterocycles. The van der Waals surface area contributed by atoms with Crippen molar-refractivity contribution in [3.63, 3.8) is 0 Å². The third-order valence-corrected chi connectivity index (χ3v) is 9.90. The molecule has 1 atom stereocenters. The summed E-state index contributed by atoms with van der Waals surface area (Å²) in [7, 11) is -3.55. The minimum Gasteiger partial charge on any atom is -0.325 e. The van der Waals surface area contributed by atoms with E-state index in [2.05, 4.69) is 22.1 Å². The zero-order valence-corrected chi connectivity index (χ0v) is 20.8. The summed E-state index contributed by atoms with van der Waals surface area (Å²) < 4.78 is 28.9. The highest BCUT2D eigenvalue weighted by molar-refractivity contribution is 8.04. The van der Waals surface area contributed by atoms with Crippen molar-refractivity contribution in [3.05, 3.63) is 36.4 Å². The maximum Gasteiger partial charge on any atom is 0.243 e. The van der Waals surface area contributed by atoms with Gasteiger partial charge >= 0.3 is 0 Å². The minimum atomic E-state index is -3.55. The highest BCUT2D eigenvalue weighted by Crippen LogP contribution is 2.32. The first-order valence-electron chi connectivity index (χ1n) is 9.94. The molecule has 0 spiro atoms. The van der Waals surface area contributed by atoms with E-state index >= 15 is 0 Å². The molecule has 0 saturated carbocycles. The van der Waals surface area contributed by atoms with Crippen molar-refractivity contribution < 1.29 is 13.2 Å². The van der Waals surface area contributed by atoms with E-state index in [1.54, 1.807) is 36.9 Å². The smallest absolute Gasteiger partial charge is 0.243 e. The molecule has 1 aromatic carbocycles. The molecule has 31 heavy (non-hydrogen) atoms. The molecule has 1 saturated heterocycles. The van der Waals surface area contributed by atoms with Crippen LogP contribution in [0.1, 0.15) is 33.1 Å². The number of nitrogens with one attached hydrogen (secondary N) is 1. The molecular weight excluding hydrogens is 473 g/mol. The van der Waals surface area contributed by atoms with Gasteiger partial charge < -0.3 is 5.32 Å². The number of sulfonamides is 1. The fourth-order valence-electron chi connectivity index (χ4n) is 2.93. The lowest BCUT2D eigenvalue weighted by Gasteiger charge is -2.26. The van der Waals surface area contributed by atoms with Crippen LogP contribution in [0.15, 0.2) is 50.0 Å². The molecule has 0 aliphatic carbocycles. The van der Waals surface area contributed by atoms with E-state index in [0.717, 1.165) is 34.9 Å². The molecule has 1 aromatic heterocycles. The number of aromatic nitrogens is 2. The van der Waals surface area contributed by atoms with Gasteiger partial charge in [0.15, 0.2) is 8.68 Å².